The van der Waals surface area contributed by atoms with Crippen molar-refractivity contribution >= 4 is 0 Å². The normalized spacial score (nSPS) is 10.9. The second kappa shape index (κ2) is 10.4. The van der Waals surface area contributed by atoms with E-state index in [-0.39, 0.29) is 0 Å². The Labute approximate surface area is 106 Å². The Morgan fingerprint density at radius 3 is 1.94 bits per heavy atom. The highest BCUT2D eigenvalue weighted by Crippen LogP contribution is 2.11. The van der Waals surface area contributed by atoms with Gasteiger partial charge in [-0.2, -0.15) is 0 Å². The van der Waals surface area contributed by atoms with Crippen LogP contribution in [0, 0.1) is 0 Å². The second-order valence-corrected chi connectivity index (χ2v) is 4.92. The molecule has 0 atom stereocenters. The number of hydrogen-bond donors (Lipinski definition) is 2. The van der Waals surface area contributed by atoms with Gasteiger partial charge in [0.25, 0.3) is 0 Å². The van der Waals surface area contributed by atoms with Gasteiger partial charge < -0.3 is 10.7 Å². The zero-order valence-electron chi connectivity index (χ0n) is 11.1. The van der Waals surface area contributed by atoms with Crippen LogP contribution in [0.1, 0.15) is 63.5 Å². The van der Waals surface area contributed by atoms with E-state index in [1.807, 2.05) is 6.20 Å². The van der Waals surface area contributed by atoms with Crippen LogP contribution in [0.3, 0.4) is 0 Å². The van der Waals surface area contributed by atoms with Gasteiger partial charge in [0.2, 0.25) is 0 Å². The summed E-state index contributed by atoms with van der Waals surface area (Å²) in [5.74, 6) is 0. The van der Waals surface area contributed by atoms with Crippen LogP contribution >= 0.6 is 0 Å². The third kappa shape index (κ3) is 8.03. The molecule has 0 radical (unpaired) electrons. The predicted octanol–water partition coefficient (Wildman–Crippen LogP) is 4.03. The Morgan fingerprint density at radius 1 is 0.824 bits per heavy atom. The summed E-state index contributed by atoms with van der Waals surface area (Å²) in [6.45, 7) is 0.860. The lowest BCUT2D eigenvalue weighted by molar-refractivity contribution is 0.559. The lowest BCUT2D eigenvalue weighted by Gasteiger charge is -2.02. The molecule has 0 aliphatic heterocycles. The summed E-state index contributed by atoms with van der Waals surface area (Å²) in [5.41, 5.74) is 6.84. The highest BCUT2D eigenvalue weighted by atomic mass is 14.7. The summed E-state index contributed by atoms with van der Waals surface area (Å²) in [6.07, 6.45) is 15.4. The fourth-order valence-electron chi connectivity index (χ4n) is 2.22. The van der Waals surface area contributed by atoms with Gasteiger partial charge in [-0.1, -0.05) is 44.9 Å². The molecule has 17 heavy (non-hydrogen) atoms. The summed E-state index contributed by atoms with van der Waals surface area (Å²) < 4.78 is 0. The first kappa shape index (κ1) is 14.3. The number of nitrogens with two attached hydrogens (primary N) is 1. The number of unbranched alkanes of at least 4 members (excludes halogenated alkanes) is 8. The van der Waals surface area contributed by atoms with Crippen molar-refractivity contribution in [2.24, 2.45) is 5.73 Å². The quantitative estimate of drug-likeness (QED) is 0.560. The van der Waals surface area contributed by atoms with E-state index in [0.29, 0.717) is 0 Å². The van der Waals surface area contributed by atoms with Gasteiger partial charge in [0.15, 0.2) is 0 Å². The summed E-state index contributed by atoms with van der Waals surface area (Å²) in [5, 5.41) is 0. The highest BCUT2D eigenvalue weighted by Gasteiger charge is 1.94. The topological polar surface area (TPSA) is 41.8 Å². The maximum atomic E-state index is 5.46. The number of rotatable bonds is 11. The van der Waals surface area contributed by atoms with Gasteiger partial charge in [-0.15, -0.1) is 0 Å². The summed E-state index contributed by atoms with van der Waals surface area (Å²) in [7, 11) is 0. The molecule has 0 aliphatic carbocycles. The van der Waals surface area contributed by atoms with Crippen molar-refractivity contribution in [3.8, 4) is 0 Å². The van der Waals surface area contributed by atoms with E-state index in [9.17, 15) is 0 Å². The van der Waals surface area contributed by atoms with E-state index in [4.69, 9.17) is 5.73 Å². The zero-order chi connectivity index (χ0) is 12.2. The SMILES string of the molecule is NCCCCCCCCCCCc1ccc[nH]1. The van der Waals surface area contributed by atoms with E-state index in [1.165, 1.54) is 69.9 Å². The molecule has 98 valence electrons. The van der Waals surface area contributed by atoms with Crippen molar-refractivity contribution in [2.75, 3.05) is 6.54 Å². The minimum Gasteiger partial charge on any atom is -0.365 e. The minimum absolute atomic E-state index is 0.860. The number of aromatic nitrogens is 1. The van der Waals surface area contributed by atoms with Crippen molar-refractivity contribution in [1.82, 2.24) is 4.98 Å². The van der Waals surface area contributed by atoms with Gasteiger partial charge in [0.05, 0.1) is 0 Å². The first-order valence-electron chi connectivity index (χ1n) is 7.26. The minimum atomic E-state index is 0.860. The number of nitrogens with one attached hydrogen (secondary N) is 1. The molecule has 0 saturated carbocycles. The Hall–Kier alpha value is -0.760. The zero-order valence-corrected chi connectivity index (χ0v) is 11.1. The molecule has 0 spiro atoms. The van der Waals surface area contributed by atoms with Crippen LogP contribution in [-0.4, -0.2) is 11.5 Å². The van der Waals surface area contributed by atoms with E-state index >= 15 is 0 Å². The molecule has 0 aromatic carbocycles. The molecule has 1 aromatic rings. The van der Waals surface area contributed by atoms with Crippen LogP contribution in [0.4, 0.5) is 0 Å². The Balaban J connectivity index is 1.76. The van der Waals surface area contributed by atoms with Crippen LogP contribution in [-0.2, 0) is 6.42 Å². The molecule has 0 saturated heterocycles. The number of aryl methyl sites for hydroxylation is 1. The van der Waals surface area contributed by atoms with Crippen LogP contribution in [0.15, 0.2) is 18.3 Å². The van der Waals surface area contributed by atoms with E-state index in [1.54, 1.807) is 0 Å². The smallest absolute Gasteiger partial charge is 0.0147 e. The van der Waals surface area contributed by atoms with Gasteiger partial charge >= 0.3 is 0 Å². The predicted molar refractivity (Wildman–Crippen MR) is 75.1 cm³/mol. The van der Waals surface area contributed by atoms with Gasteiger partial charge in [-0.25, -0.2) is 0 Å². The fraction of sp³-hybridized carbons (Fsp3) is 0.733. The molecule has 0 unspecified atom stereocenters. The third-order valence-electron chi connectivity index (χ3n) is 3.31. The molecule has 0 amide bonds. The summed E-state index contributed by atoms with van der Waals surface area (Å²) >= 11 is 0. The van der Waals surface area contributed by atoms with Gasteiger partial charge in [-0.05, 0) is 37.9 Å². The molecule has 2 heteroatoms. The Morgan fingerprint density at radius 2 is 1.41 bits per heavy atom. The number of hydrogen-bond acceptors (Lipinski definition) is 1. The van der Waals surface area contributed by atoms with Gasteiger partial charge in [0, 0.05) is 11.9 Å². The average molecular weight is 236 g/mol. The molecule has 0 bridgehead atoms. The summed E-state index contributed by atoms with van der Waals surface area (Å²) in [4.78, 5) is 3.26. The van der Waals surface area contributed by atoms with E-state index in [2.05, 4.69) is 17.1 Å². The molecule has 2 nitrogen and oxygen atoms in total. The van der Waals surface area contributed by atoms with Crippen molar-refractivity contribution in [3.63, 3.8) is 0 Å². The lowest BCUT2D eigenvalue weighted by Crippen LogP contribution is -1.97. The van der Waals surface area contributed by atoms with Gasteiger partial charge in [-0.3, -0.25) is 0 Å². The average Bonchev–Trinajstić information content (AvgIpc) is 2.85. The maximum Gasteiger partial charge on any atom is 0.0147 e. The second-order valence-electron chi connectivity index (χ2n) is 4.92. The molecule has 0 fully saturated rings. The summed E-state index contributed by atoms with van der Waals surface area (Å²) in [6, 6.07) is 4.26. The number of aromatic amines is 1. The monoisotopic (exact) mass is 236 g/mol. The van der Waals surface area contributed by atoms with E-state index in [0.717, 1.165) is 6.54 Å². The molecular formula is C15H28N2. The largest absolute Gasteiger partial charge is 0.365 e. The molecule has 1 rings (SSSR count). The molecule has 0 aliphatic rings. The fourth-order valence-corrected chi connectivity index (χ4v) is 2.22. The van der Waals surface area contributed by atoms with Crippen LogP contribution in [0.2, 0.25) is 0 Å². The Kier molecular flexibility index (Phi) is 8.75. The van der Waals surface area contributed by atoms with Crippen molar-refractivity contribution < 1.29 is 0 Å². The molecular weight excluding hydrogens is 208 g/mol. The van der Waals surface area contributed by atoms with Crippen LogP contribution in [0.5, 0.6) is 0 Å². The first-order chi connectivity index (χ1) is 8.43. The molecule has 1 aromatic heterocycles. The van der Waals surface area contributed by atoms with Gasteiger partial charge in [0.1, 0.15) is 0 Å². The van der Waals surface area contributed by atoms with Crippen LogP contribution in [0.25, 0.3) is 0 Å². The van der Waals surface area contributed by atoms with E-state index < -0.39 is 0 Å². The third-order valence-corrected chi connectivity index (χ3v) is 3.31. The van der Waals surface area contributed by atoms with Crippen molar-refractivity contribution in [3.05, 3.63) is 24.0 Å². The van der Waals surface area contributed by atoms with Crippen LogP contribution < -0.4 is 5.73 Å². The first-order valence-corrected chi connectivity index (χ1v) is 7.26. The molecule has 1 heterocycles. The molecule has 3 N–H and O–H groups in total. The standard InChI is InChI=1S/C15H28N2/c16-13-9-7-5-3-1-2-4-6-8-11-15-12-10-14-17-15/h10,12,14,17H,1-9,11,13,16H2. The van der Waals surface area contributed by atoms with Crippen molar-refractivity contribution in [1.29, 1.82) is 0 Å². The highest BCUT2D eigenvalue weighted by molar-refractivity contribution is 5.03. The maximum absolute atomic E-state index is 5.46. The number of H-pyrrole nitrogens is 1. The lowest BCUT2D eigenvalue weighted by atomic mass is 10.1. The Bertz CT molecular complexity index is 241. The van der Waals surface area contributed by atoms with Crippen molar-refractivity contribution in [2.45, 2.75) is 64.2 Å².